The molecule has 2 unspecified atom stereocenters. The number of amides is 1. The molecule has 1 heterocycles. The first-order valence-corrected chi connectivity index (χ1v) is 6.07. The van der Waals surface area contributed by atoms with Crippen LogP contribution in [-0.4, -0.2) is 25.0 Å². The van der Waals surface area contributed by atoms with E-state index in [-0.39, 0.29) is 17.9 Å². The van der Waals surface area contributed by atoms with Crippen LogP contribution >= 0.6 is 11.3 Å². The summed E-state index contributed by atoms with van der Waals surface area (Å²) in [6, 6.07) is 1.43. The van der Waals surface area contributed by atoms with Crippen LogP contribution in [-0.2, 0) is 9.53 Å². The number of nitrogens with two attached hydrogens (primary N) is 1. The van der Waals surface area contributed by atoms with Gasteiger partial charge in [0.25, 0.3) is 0 Å². The fourth-order valence-corrected chi connectivity index (χ4v) is 1.91. The van der Waals surface area contributed by atoms with Crippen LogP contribution in [0.2, 0.25) is 0 Å². The average Bonchev–Trinajstić information content (AvgIpc) is 2.74. The minimum absolute atomic E-state index is 0.205. The first-order valence-electron chi connectivity index (χ1n) is 5.19. The lowest BCUT2D eigenvalue weighted by molar-refractivity contribution is -0.119. The first kappa shape index (κ1) is 13.7. The maximum absolute atomic E-state index is 11.8. The van der Waals surface area contributed by atoms with Crippen molar-refractivity contribution in [3.8, 4) is 0 Å². The second-order valence-electron chi connectivity index (χ2n) is 3.79. The third kappa shape index (κ3) is 3.28. The van der Waals surface area contributed by atoms with Crippen molar-refractivity contribution >= 4 is 28.9 Å². The molecule has 0 bridgehead atoms. The first-order chi connectivity index (χ1) is 7.97. The SMILES string of the molecule is COC(=O)c1sccc1NC(=O)C(C)C(C)N. The van der Waals surface area contributed by atoms with Gasteiger partial charge in [-0.1, -0.05) is 6.92 Å². The minimum Gasteiger partial charge on any atom is -0.465 e. The molecule has 1 amide bonds. The van der Waals surface area contributed by atoms with Gasteiger partial charge in [-0.3, -0.25) is 4.79 Å². The second-order valence-corrected chi connectivity index (χ2v) is 4.71. The number of nitrogens with one attached hydrogen (secondary N) is 1. The van der Waals surface area contributed by atoms with Crippen LogP contribution < -0.4 is 11.1 Å². The highest BCUT2D eigenvalue weighted by molar-refractivity contribution is 7.12. The number of thiophene rings is 1. The van der Waals surface area contributed by atoms with Crippen molar-refractivity contribution in [1.82, 2.24) is 0 Å². The Morgan fingerprint density at radius 1 is 1.47 bits per heavy atom. The third-order valence-corrected chi connectivity index (χ3v) is 3.39. The predicted octanol–water partition coefficient (Wildman–Crippen LogP) is 1.46. The van der Waals surface area contributed by atoms with Gasteiger partial charge in [0.2, 0.25) is 5.91 Å². The number of esters is 1. The fourth-order valence-electron chi connectivity index (χ4n) is 1.14. The van der Waals surface area contributed by atoms with E-state index in [1.807, 2.05) is 0 Å². The van der Waals surface area contributed by atoms with E-state index < -0.39 is 5.97 Å². The monoisotopic (exact) mass is 256 g/mol. The number of carbonyl (C=O) groups excluding carboxylic acids is 2. The maximum atomic E-state index is 11.8. The molecule has 0 aliphatic rings. The number of methoxy groups -OCH3 is 1. The van der Waals surface area contributed by atoms with Crippen molar-refractivity contribution in [3.05, 3.63) is 16.3 Å². The number of ether oxygens (including phenoxy) is 1. The Kier molecular flexibility index (Phi) is 4.65. The van der Waals surface area contributed by atoms with E-state index >= 15 is 0 Å². The summed E-state index contributed by atoms with van der Waals surface area (Å²) in [5, 5.41) is 4.40. The highest BCUT2D eigenvalue weighted by Crippen LogP contribution is 2.23. The van der Waals surface area contributed by atoms with E-state index in [9.17, 15) is 9.59 Å². The highest BCUT2D eigenvalue weighted by atomic mass is 32.1. The van der Waals surface area contributed by atoms with Gasteiger partial charge in [0.1, 0.15) is 4.88 Å². The van der Waals surface area contributed by atoms with Gasteiger partial charge in [0.15, 0.2) is 0 Å². The molecule has 1 aromatic rings. The Bertz CT molecular complexity index is 415. The summed E-state index contributed by atoms with van der Waals surface area (Å²) in [5.41, 5.74) is 6.11. The lowest BCUT2D eigenvalue weighted by Crippen LogP contribution is -2.34. The summed E-state index contributed by atoms with van der Waals surface area (Å²) in [6.45, 7) is 3.50. The zero-order valence-corrected chi connectivity index (χ0v) is 10.8. The Balaban J connectivity index is 2.79. The molecule has 5 nitrogen and oxygen atoms in total. The van der Waals surface area contributed by atoms with Crippen LogP contribution in [0.4, 0.5) is 5.69 Å². The molecule has 0 aromatic carbocycles. The molecule has 17 heavy (non-hydrogen) atoms. The van der Waals surface area contributed by atoms with Crippen molar-refractivity contribution in [2.75, 3.05) is 12.4 Å². The molecule has 2 atom stereocenters. The molecule has 0 saturated carbocycles. The number of hydrogen-bond acceptors (Lipinski definition) is 5. The molecule has 0 spiro atoms. The molecular formula is C11H16N2O3S. The van der Waals surface area contributed by atoms with Crippen LogP contribution in [0, 0.1) is 5.92 Å². The molecule has 0 fully saturated rings. The van der Waals surface area contributed by atoms with Gasteiger partial charge in [-0.25, -0.2) is 4.79 Å². The molecule has 0 aliphatic carbocycles. The second kappa shape index (κ2) is 5.79. The highest BCUT2D eigenvalue weighted by Gasteiger charge is 2.20. The van der Waals surface area contributed by atoms with Crippen LogP contribution in [0.15, 0.2) is 11.4 Å². The third-order valence-electron chi connectivity index (χ3n) is 2.50. The standard InChI is InChI=1S/C11H16N2O3S/c1-6(7(2)12)10(14)13-8-4-5-17-9(8)11(15)16-3/h4-7H,12H2,1-3H3,(H,13,14). The van der Waals surface area contributed by atoms with Crippen molar-refractivity contribution in [2.24, 2.45) is 11.7 Å². The van der Waals surface area contributed by atoms with Gasteiger partial charge in [0.05, 0.1) is 18.7 Å². The topological polar surface area (TPSA) is 81.4 Å². The summed E-state index contributed by atoms with van der Waals surface area (Å²) >= 11 is 1.22. The van der Waals surface area contributed by atoms with Crippen molar-refractivity contribution in [3.63, 3.8) is 0 Å². The molecule has 0 saturated heterocycles. The van der Waals surface area contributed by atoms with Crippen LogP contribution in [0.1, 0.15) is 23.5 Å². The van der Waals surface area contributed by atoms with Gasteiger partial charge in [-0.15, -0.1) is 11.3 Å². The van der Waals surface area contributed by atoms with Gasteiger partial charge in [0, 0.05) is 6.04 Å². The van der Waals surface area contributed by atoms with Gasteiger partial charge in [-0.2, -0.15) is 0 Å². The number of carbonyl (C=O) groups is 2. The molecule has 0 radical (unpaired) electrons. The molecule has 0 aliphatic heterocycles. The molecular weight excluding hydrogens is 240 g/mol. The summed E-state index contributed by atoms with van der Waals surface area (Å²) in [5.74, 6) is -0.979. The zero-order chi connectivity index (χ0) is 13.0. The van der Waals surface area contributed by atoms with Crippen molar-refractivity contribution in [2.45, 2.75) is 19.9 Å². The number of hydrogen-bond donors (Lipinski definition) is 2. The van der Waals surface area contributed by atoms with Gasteiger partial charge < -0.3 is 15.8 Å². The van der Waals surface area contributed by atoms with E-state index in [2.05, 4.69) is 10.1 Å². The van der Waals surface area contributed by atoms with Crippen LogP contribution in [0.25, 0.3) is 0 Å². The van der Waals surface area contributed by atoms with Crippen LogP contribution in [0.3, 0.4) is 0 Å². The largest absolute Gasteiger partial charge is 0.465 e. The normalized spacial score (nSPS) is 13.9. The van der Waals surface area contributed by atoms with E-state index in [0.717, 1.165) is 0 Å². The molecule has 6 heteroatoms. The van der Waals surface area contributed by atoms with E-state index in [1.54, 1.807) is 25.3 Å². The number of rotatable bonds is 4. The predicted molar refractivity (Wildman–Crippen MR) is 67.1 cm³/mol. The fraction of sp³-hybridized carbons (Fsp3) is 0.455. The Hall–Kier alpha value is -1.40. The minimum atomic E-state index is -0.455. The Morgan fingerprint density at radius 3 is 2.65 bits per heavy atom. The lowest BCUT2D eigenvalue weighted by atomic mass is 10.0. The molecule has 1 aromatic heterocycles. The van der Waals surface area contributed by atoms with Crippen LogP contribution in [0.5, 0.6) is 0 Å². The van der Waals surface area contributed by atoms with Gasteiger partial charge >= 0.3 is 5.97 Å². The summed E-state index contributed by atoms with van der Waals surface area (Å²) in [6.07, 6.45) is 0. The summed E-state index contributed by atoms with van der Waals surface area (Å²) in [4.78, 5) is 23.6. The Morgan fingerprint density at radius 2 is 2.12 bits per heavy atom. The molecule has 94 valence electrons. The van der Waals surface area contributed by atoms with E-state index in [0.29, 0.717) is 10.6 Å². The molecule has 1 rings (SSSR count). The summed E-state index contributed by atoms with van der Waals surface area (Å²) in [7, 11) is 1.30. The molecule has 3 N–H and O–H groups in total. The lowest BCUT2D eigenvalue weighted by Gasteiger charge is -2.15. The smallest absolute Gasteiger partial charge is 0.350 e. The summed E-state index contributed by atoms with van der Waals surface area (Å²) < 4.78 is 4.62. The van der Waals surface area contributed by atoms with Crippen molar-refractivity contribution in [1.29, 1.82) is 0 Å². The zero-order valence-electron chi connectivity index (χ0n) is 10.0. The maximum Gasteiger partial charge on any atom is 0.350 e. The average molecular weight is 256 g/mol. The Labute approximate surface area is 104 Å². The van der Waals surface area contributed by atoms with Gasteiger partial charge in [-0.05, 0) is 18.4 Å². The van der Waals surface area contributed by atoms with E-state index in [1.165, 1.54) is 18.4 Å². The van der Waals surface area contributed by atoms with E-state index in [4.69, 9.17) is 5.73 Å². The quantitative estimate of drug-likeness (QED) is 0.799. The number of anilines is 1. The van der Waals surface area contributed by atoms with Crippen molar-refractivity contribution < 1.29 is 14.3 Å².